The fraction of sp³-hybridized carbons (Fsp3) is 0.708. The Labute approximate surface area is 205 Å². The van der Waals surface area contributed by atoms with Crippen molar-refractivity contribution >= 4 is 29.9 Å². The normalized spacial score (nSPS) is 19.0. The van der Waals surface area contributed by atoms with Crippen LogP contribution in [0.1, 0.15) is 51.0 Å². The number of unbranched alkanes of at least 4 members (excludes halogenated alkanes) is 1. The van der Waals surface area contributed by atoms with Crippen molar-refractivity contribution in [3.8, 4) is 5.75 Å². The van der Waals surface area contributed by atoms with E-state index in [0.717, 1.165) is 76.7 Å². The topological polar surface area (TPSA) is 58.1 Å². The highest BCUT2D eigenvalue weighted by Crippen LogP contribution is 2.31. The van der Waals surface area contributed by atoms with Gasteiger partial charge in [-0.1, -0.05) is 12.1 Å². The Hall–Kier alpha value is -1.06. The van der Waals surface area contributed by atoms with Crippen molar-refractivity contribution in [1.82, 2.24) is 15.5 Å². The highest BCUT2D eigenvalue weighted by atomic mass is 127. The number of likely N-dealkylation sites (tertiary alicyclic amines) is 1. The zero-order valence-electron chi connectivity index (χ0n) is 19.3. The predicted molar refractivity (Wildman–Crippen MR) is 139 cm³/mol. The first-order chi connectivity index (χ1) is 14.8. The molecule has 2 heterocycles. The van der Waals surface area contributed by atoms with Gasteiger partial charge < -0.3 is 20.1 Å². The smallest absolute Gasteiger partial charge is 0.191 e. The second kappa shape index (κ2) is 14.2. The van der Waals surface area contributed by atoms with Crippen molar-refractivity contribution in [1.29, 1.82) is 0 Å². The average molecular weight is 545 g/mol. The van der Waals surface area contributed by atoms with Crippen LogP contribution in [0.15, 0.2) is 29.3 Å². The van der Waals surface area contributed by atoms with E-state index in [0.29, 0.717) is 0 Å². The summed E-state index contributed by atoms with van der Waals surface area (Å²) >= 11 is 0. The fourth-order valence-electron chi connectivity index (χ4n) is 4.54. The maximum absolute atomic E-state index is 5.67. The van der Waals surface area contributed by atoms with E-state index in [1.807, 2.05) is 12.1 Å². The van der Waals surface area contributed by atoms with Gasteiger partial charge in [-0.15, -0.1) is 24.0 Å². The lowest BCUT2D eigenvalue weighted by molar-refractivity contribution is -0.0139. The zero-order valence-corrected chi connectivity index (χ0v) is 21.7. The largest absolute Gasteiger partial charge is 0.497 e. The van der Waals surface area contributed by atoms with Gasteiger partial charge in [-0.3, -0.25) is 9.89 Å². The fourth-order valence-corrected chi connectivity index (χ4v) is 4.54. The van der Waals surface area contributed by atoms with Gasteiger partial charge >= 0.3 is 0 Å². The van der Waals surface area contributed by atoms with Crippen molar-refractivity contribution in [2.45, 2.75) is 57.4 Å². The minimum Gasteiger partial charge on any atom is -0.497 e. The summed E-state index contributed by atoms with van der Waals surface area (Å²) < 4.78 is 10.9. The summed E-state index contributed by atoms with van der Waals surface area (Å²) in [5, 5.41) is 6.97. The molecule has 0 atom stereocenters. The lowest BCUT2D eigenvalue weighted by Crippen LogP contribution is -2.54. The summed E-state index contributed by atoms with van der Waals surface area (Å²) in [4.78, 5) is 7.69. The number of hydrogen-bond acceptors (Lipinski definition) is 4. The van der Waals surface area contributed by atoms with Crippen LogP contribution in [0.25, 0.3) is 0 Å². The second-order valence-electron chi connectivity index (χ2n) is 8.46. The molecule has 0 spiro atoms. The average Bonchev–Trinajstić information content (AvgIpc) is 3.34. The Morgan fingerprint density at radius 1 is 1.10 bits per heavy atom. The molecular formula is C24H41IN4O2. The van der Waals surface area contributed by atoms with Gasteiger partial charge in [0, 0.05) is 31.8 Å². The molecule has 1 aromatic rings. The monoisotopic (exact) mass is 544 g/mol. The van der Waals surface area contributed by atoms with Crippen LogP contribution in [0, 0.1) is 0 Å². The molecular weight excluding hydrogens is 503 g/mol. The van der Waals surface area contributed by atoms with Crippen LogP contribution in [0.2, 0.25) is 0 Å². The van der Waals surface area contributed by atoms with E-state index in [1.165, 1.54) is 31.5 Å². The molecule has 0 amide bonds. The third kappa shape index (κ3) is 8.09. The van der Waals surface area contributed by atoms with Crippen LogP contribution in [0.3, 0.4) is 0 Å². The molecule has 6 nitrogen and oxygen atoms in total. The zero-order chi connectivity index (χ0) is 21.1. The number of benzene rings is 1. The summed E-state index contributed by atoms with van der Waals surface area (Å²) in [6.07, 6.45) is 8.21. The number of aryl methyl sites for hydroxylation is 1. The number of methoxy groups -OCH3 is 1. The number of nitrogens with zero attached hydrogens (tertiary/aromatic N) is 2. The number of halogens is 1. The van der Waals surface area contributed by atoms with Crippen LogP contribution in [-0.4, -0.2) is 69.4 Å². The van der Waals surface area contributed by atoms with Gasteiger partial charge in [-0.2, -0.15) is 0 Å². The molecule has 2 fully saturated rings. The summed E-state index contributed by atoms with van der Waals surface area (Å²) in [5.41, 5.74) is 1.55. The maximum atomic E-state index is 5.67. The molecule has 0 radical (unpaired) electrons. The molecule has 2 aliphatic heterocycles. The first kappa shape index (κ1) is 26.2. The number of aliphatic imine (C=N–C) groups is 1. The molecule has 7 heteroatoms. The quantitative estimate of drug-likeness (QED) is 0.203. The lowest BCUT2D eigenvalue weighted by atomic mass is 9.88. The van der Waals surface area contributed by atoms with E-state index in [-0.39, 0.29) is 29.5 Å². The molecule has 0 aromatic heterocycles. The summed E-state index contributed by atoms with van der Waals surface area (Å²) in [5.74, 6) is 1.87. The van der Waals surface area contributed by atoms with E-state index in [9.17, 15) is 0 Å². The van der Waals surface area contributed by atoms with Crippen LogP contribution in [0.4, 0.5) is 0 Å². The van der Waals surface area contributed by atoms with E-state index in [1.54, 1.807) is 7.11 Å². The van der Waals surface area contributed by atoms with Crippen molar-refractivity contribution in [3.63, 3.8) is 0 Å². The minimum atomic E-state index is 0. The third-order valence-electron chi connectivity index (χ3n) is 6.42. The van der Waals surface area contributed by atoms with Gasteiger partial charge in [-0.05, 0) is 82.7 Å². The molecule has 2 saturated heterocycles. The van der Waals surface area contributed by atoms with E-state index in [2.05, 4.69) is 34.6 Å². The van der Waals surface area contributed by atoms with Crippen LogP contribution in [-0.2, 0) is 11.2 Å². The molecule has 0 bridgehead atoms. The van der Waals surface area contributed by atoms with E-state index in [4.69, 9.17) is 14.5 Å². The van der Waals surface area contributed by atoms with Crippen LogP contribution in [0.5, 0.6) is 5.75 Å². The van der Waals surface area contributed by atoms with E-state index < -0.39 is 0 Å². The minimum absolute atomic E-state index is 0. The molecule has 3 rings (SSSR count). The van der Waals surface area contributed by atoms with Gasteiger partial charge in [0.25, 0.3) is 0 Å². The molecule has 0 unspecified atom stereocenters. The molecule has 2 aliphatic rings. The lowest BCUT2D eigenvalue weighted by Gasteiger charge is -2.43. The van der Waals surface area contributed by atoms with Gasteiger partial charge in [0.1, 0.15) is 5.75 Å². The number of guanidine groups is 1. The van der Waals surface area contributed by atoms with Crippen LogP contribution < -0.4 is 15.4 Å². The first-order valence-electron chi connectivity index (χ1n) is 11.7. The Morgan fingerprint density at radius 3 is 2.45 bits per heavy atom. The van der Waals surface area contributed by atoms with Crippen molar-refractivity contribution in [3.05, 3.63) is 29.8 Å². The van der Waals surface area contributed by atoms with E-state index >= 15 is 0 Å². The standard InChI is InChI=1S/C24H40N4O2.HI/c1-3-25-23(26-15-5-4-8-21-9-11-22(29-2)12-10-21)27-20-24(13-18-30-19-14-24)28-16-6-7-17-28;/h9-12H,3-8,13-20H2,1-2H3,(H2,25,26,27);1H. The van der Waals surface area contributed by atoms with Crippen LogP contribution >= 0.6 is 24.0 Å². The Balaban J connectivity index is 0.00000341. The SMILES string of the molecule is CCNC(=NCC1(N2CCCC2)CCOCC1)NCCCCc1ccc(OC)cc1.I. The first-order valence-corrected chi connectivity index (χ1v) is 11.7. The second-order valence-corrected chi connectivity index (χ2v) is 8.46. The number of rotatable bonds is 10. The molecule has 0 aliphatic carbocycles. The van der Waals surface area contributed by atoms with Crippen molar-refractivity contribution in [2.75, 3.05) is 53.0 Å². The van der Waals surface area contributed by atoms with Gasteiger partial charge in [0.15, 0.2) is 5.96 Å². The number of nitrogens with one attached hydrogen (secondary N) is 2. The summed E-state index contributed by atoms with van der Waals surface area (Å²) in [6, 6.07) is 8.39. The number of ether oxygens (including phenoxy) is 2. The maximum Gasteiger partial charge on any atom is 0.191 e. The van der Waals surface area contributed by atoms with Gasteiger partial charge in [0.05, 0.1) is 13.7 Å². The summed E-state index contributed by atoms with van der Waals surface area (Å²) in [6.45, 7) is 8.97. The summed E-state index contributed by atoms with van der Waals surface area (Å²) in [7, 11) is 1.71. The highest BCUT2D eigenvalue weighted by molar-refractivity contribution is 14.0. The molecule has 176 valence electrons. The number of hydrogen-bond donors (Lipinski definition) is 2. The third-order valence-corrected chi connectivity index (χ3v) is 6.42. The molecule has 1 aromatic carbocycles. The van der Waals surface area contributed by atoms with Crippen molar-refractivity contribution in [2.24, 2.45) is 4.99 Å². The molecule has 0 saturated carbocycles. The Morgan fingerprint density at radius 2 is 1.81 bits per heavy atom. The predicted octanol–water partition coefficient (Wildman–Crippen LogP) is 3.84. The Kier molecular flexibility index (Phi) is 12.0. The van der Waals surface area contributed by atoms with Crippen molar-refractivity contribution < 1.29 is 9.47 Å². The Bertz CT molecular complexity index is 641. The molecule has 2 N–H and O–H groups in total. The van der Waals surface area contributed by atoms with Gasteiger partial charge in [0.2, 0.25) is 0 Å². The molecule has 31 heavy (non-hydrogen) atoms. The highest BCUT2D eigenvalue weighted by Gasteiger charge is 2.39. The van der Waals surface area contributed by atoms with Gasteiger partial charge in [-0.25, -0.2) is 0 Å².